The van der Waals surface area contributed by atoms with Crippen molar-refractivity contribution >= 4 is 12.0 Å². The second kappa shape index (κ2) is 6.00. The molecule has 0 radical (unpaired) electrons. The van der Waals surface area contributed by atoms with Gasteiger partial charge in [-0.3, -0.25) is 9.48 Å². The van der Waals surface area contributed by atoms with Crippen LogP contribution in [0.5, 0.6) is 0 Å². The number of hydrogen-bond acceptors (Lipinski definition) is 4. The first-order valence-corrected chi connectivity index (χ1v) is 8.54. The van der Waals surface area contributed by atoms with Gasteiger partial charge in [0.15, 0.2) is 0 Å². The van der Waals surface area contributed by atoms with Crippen molar-refractivity contribution in [2.75, 3.05) is 13.6 Å². The quantitative estimate of drug-likeness (QED) is 0.716. The van der Waals surface area contributed by atoms with Crippen molar-refractivity contribution in [1.82, 2.24) is 19.6 Å². The summed E-state index contributed by atoms with van der Waals surface area (Å²) in [6, 6.07) is -0.101. The molecular weight excluding hydrogens is 327 g/mol. The molecule has 2 atom stereocenters. The van der Waals surface area contributed by atoms with Gasteiger partial charge in [-0.25, -0.2) is 9.18 Å². The maximum Gasteiger partial charge on any atom is 0.410 e. The molecule has 3 heterocycles. The van der Waals surface area contributed by atoms with Crippen molar-refractivity contribution in [3.63, 3.8) is 0 Å². The Morgan fingerprint density at radius 1 is 1.32 bits per heavy atom. The molecule has 2 amide bonds. The van der Waals surface area contributed by atoms with Gasteiger partial charge in [0.25, 0.3) is 5.91 Å². The fourth-order valence-electron chi connectivity index (χ4n) is 3.34. The van der Waals surface area contributed by atoms with Crippen LogP contribution in [0.2, 0.25) is 0 Å². The SMILES string of the molecule is C[C@@H]1Cc2nn3c(c2CN1C(=O)OC(C)(C)C)C(=O)N(C)C[C@@H](F)C3. The number of aromatic nitrogens is 2. The van der Waals surface area contributed by atoms with Crippen molar-refractivity contribution in [2.45, 2.75) is 65.0 Å². The van der Waals surface area contributed by atoms with Gasteiger partial charge < -0.3 is 14.5 Å². The van der Waals surface area contributed by atoms with E-state index in [1.807, 2.05) is 27.7 Å². The Morgan fingerprint density at radius 2 is 2.00 bits per heavy atom. The zero-order chi connectivity index (χ0) is 18.5. The largest absolute Gasteiger partial charge is 0.444 e. The fraction of sp³-hybridized carbons (Fsp3) is 0.706. The molecule has 25 heavy (non-hydrogen) atoms. The molecule has 7 nitrogen and oxygen atoms in total. The second-order valence-electron chi connectivity index (χ2n) is 7.90. The Kier molecular flexibility index (Phi) is 4.25. The number of halogens is 1. The number of ether oxygens (including phenoxy) is 1. The molecule has 1 aromatic heterocycles. The highest BCUT2D eigenvalue weighted by molar-refractivity contribution is 5.94. The van der Waals surface area contributed by atoms with Gasteiger partial charge in [-0.2, -0.15) is 5.10 Å². The van der Waals surface area contributed by atoms with Crippen LogP contribution >= 0.6 is 0 Å². The van der Waals surface area contributed by atoms with Crippen molar-refractivity contribution in [3.05, 3.63) is 17.0 Å². The van der Waals surface area contributed by atoms with Gasteiger partial charge in [0.05, 0.1) is 25.3 Å². The maximum absolute atomic E-state index is 14.0. The number of amides is 2. The zero-order valence-corrected chi connectivity index (χ0v) is 15.4. The summed E-state index contributed by atoms with van der Waals surface area (Å²) in [6.45, 7) is 7.72. The predicted octanol–water partition coefficient (Wildman–Crippen LogP) is 1.99. The minimum absolute atomic E-state index is 0.0448. The van der Waals surface area contributed by atoms with E-state index in [0.29, 0.717) is 17.7 Å². The van der Waals surface area contributed by atoms with Crippen LogP contribution in [0.4, 0.5) is 9.18 Å². The van der Waals surface area contributed by atoms with E-state index in [2.05, 4.69) is 5.10 Å². The lowest BCUT2D eigenvalue weighted by Gasteiger charge is -2.34. The summed E-state index contributed by atoms with van der Waals surface area (Å²) in [5, 5.41) is 4.46. The van der Waals surface area contributed by atoms with E-state index >= 15 is 0 Å². The van der Waals surface area contributed by atoms with Gasteiger partial charge >= 0.3 is 6.09 Å². The lowest BCUT2D eigenvalue weighted by atomic mass is 9.99. The molecule has 138 valence electrons. The lowest BCUT2D eigenvalue weighted by Crippen LogP contribution is -2.45. The molecule has 0 aromatic carbocycles. The number of nitrogens with zero attached hydrogens (tertiary/aromatic N) is 4. The Labute approximate surface area is 146 Å². The summed E-state index contributed by atoms with van der Waals surface area (Å²) in [4.78, 5) is 28.2. The standard InChI is InChI=1S/C17H25FN4O3/c1-10-6-13-12(9-21(10)16(24)25-17(2,3)4)14-15(23)20(5)7-11(18)8-22(14)19-13/h10-11H,6-9H2,1-5H3/t10-,11-/m1/s1. The molecule has 8 heteroatoms. The first kappa shape index (κ1) is 17.7. The molecule has 3 rings (SSSR count). The fourth-order valence-corrected chi connectivity index (χ4v) is 3.34. The van der Waals surface area contributed by atoms with E-state index in [-0.39, 0.29) is 31.6 Å². The van der Waals surface area contributed by atoms with Crippen molar-refractivity contribution in [3.8, 4) is 0 Å². The average Bonchev–Trinajstić information content (AvgIpc) is 2.74. The van der Waals surface area contributed by atoms with Crippen molar-refractivity contribution < 1.29 is 18.7 Å². The van der Waals surface area contributed by atoms with Gasteiger partial charge in [-0.15, -0.1) is 0 Å². The summed E-state index contributed by atoms with van der Waals surface area (Å²) >= 11 is 0. The Bertz CT molecular complexity index is 709. The van der Waals surface area contributed by atoms with E-state index < -0.39 is 17.9 Å². The highest BCUT2D eigenvalue weighted by atomic mass is 19.1. The molecule has 0 bridgehead atoms. The third kappa shape index (κ3) is 3.34. The van der Waals surface area contributed by atoms with E-state index in [1.165, 1.54) is 9.58 Å². The Hall–Kier alpha value is -2.12. The van der Waals surface area contributed by atoms with Crippen LogP contribution < -0.4 is 0 Å². The summed E-state index contributed by atoms with van der Waals surface area (Å²) in [6.07, 6.45) is -1.05. The minimum atomic E-state index is -1.16. The summed E-state index contributed by atoms with van der Waals surface area (Å²) in [5.41, 5.74) is 1.26. The number of fused-ring (bicyclic) bond motifs is 3. The smallest absolute Gasteiger partial charge is 0.410 e. The molecule has 0 saturated heterocycles. The normalized spacial score (nSPS) is 23.8. The summed E-state index contributed by atoms with van der Waals surface area (Å²) in [7, 11) is 1.58. The van der Waals surface area contributed by atoms with Crippen LogP contribution in [0.25, 0.3) is 0 Å². The Balaban J connectivity index is 1.95. The molecule has 2 aliphatic heterocycles. The second-order valence-corrected chi connectivity index (χ2v) is 7.90. The lowest BCUT2D eigenvalue weighted by molar-refractivity contribution is 0.0136. The molecule has 0 aliphatic carbocycles. The molecule has 0 unspecified atom stereocenters. The van der Waals surface area contributed by atoms with Crippen LogP contribution in [0, 0.1) is 0 Å². The molecule has 0 spiro atoms. The highest BCUT2D eigenvalue weighted by Crippen LogP contribution is 2.29. The third-order valence-electron chi connectivity index (χ3n) is 4.50. The average molecular weight is 352 g/mol. The molecule has 0 saturated carbocycles. The monoisotopic (exact) mass is 352 g/mol. The van der Waals surface area contributed by atoms with Crippen molar-refractivity contribution in [1.29, 1.82) is 0 Å². The number of alkyl halides is 1. The Morgan fingerprint density at radius 3 is 2.64 bits per heavy atom. The van der Waals surface area contributed by atoms with E-state index in [9.17, 15) is 14.0 Å². The first-order chi connectivity index (χ1) is 11.6. The van der Waals surface area contributed by atoms with E-state index in [1.54, 1.807) is 11.9 Å². The van der Waals surface area contributed by atoms with Gasteiger partial charge in [0.2, 0.25) is 0 Å². The molecule has 1 aromatic rings. The summed E-state index contributed by atoms with van der Waals surface area (Å²) in [5.74, 6) is -0.257. The first-order valence-electron chi connectivity index (χ1n) is 8.54. The number of carbonyl (C=O) groups is 2. The van der Waals surface area contributed by atoms with Gasteiger partial charge in [-0.1, -0.05) is 0 Å². The zero-order valence-electron chi connectivity index (χ0n) is 15.4. The maximum atomic E-state index is 14.0. The predicted molar refractivity (Wildman–Crippen MR) is 89.0 cm³/mol. The number of carbonyl (C=O) groups excluding carboxylic acids is 2. The van der Waals surface area contributed by atoms with Gasteiger partial charge in [-0.05, 0) is 27.7 Å². The molecule has 0 fully saturated rings. The van der Waals surface area contributed by atoms with Crippen LogP contribution in [0.3, 0.4) is 0 Å². The van der Waals surface area contributed by atoms with Crippen molar-refractivity contribution in [2.24, 2.45) is 0 Å². The van der Waals surface area contributed by atoms with Gasteiger partial charge in [0, 0.05) is 25.1 Å². The minimum Gasteiger partial charge on any atom is -0.444 e. The number of hydrogen-bond donors (Lipinski definition) is 0. The van der Waals surface area contributed by atoms with Crippen LogP contribution in [0.15, 0.2) is 0 Å². The molecule has 0 N–H and O–H groups in total. The molecular formula is C17H25FN4O3. The van der Waals surface area contributed by atoms with Gasteiger partial charge in [0.1, 0.15) is 17.5 Å². The van der Waals surface area contributed by atoms with E-state index in [4.69, 9.17) is 4.74 Å². The summed E-state index contributed by atoms with van der Waals surface area (Å²) < 4.78 is 21.0. The van der Waals surface area contributed by atoms with E-state index in [0.717, 1.165) is 5.69 Å². The van der Waals surface area contributed by atoms with Crippen LogP contribution in [-0.2, 0) is 24.2 Å². The van der Waals surface area contributed by atoms with Crippen LogP contribution in [0.1, 0.15) is 49.4 Å². The third-order valence-corrected chi connectivity index (χ3v) is 4.50. The van der Waals surface area contributed by atoms with Crippen LogP contribution in [-0.4, -0.2) is 63.0 Å². The highest BCUT2D eigenvalue weighted by Gasteiger charge is 2.38. The topological polar surface area (TPSA) is 67.7 Å². The number of rotatable bonds is 0. The molecule has 2 aliphatic rings.